The minimum Gasteiger partial charge on any atom is -0.497 e. The second-order valence-corrected chi connectivity index (χ2v) is 7.86. The summed E-state index contributed by atoms with van der Waals surface area (Å²) in [6.45, 7) is 6.43. The average molecular weight is 369 g/mol. The maximum atomic E-state index is 13.4. The molecule has 2 aliphatic rings. The van der Waals surface area contributed by atoms with Crippen LogP contribution in [0, 0.1) is 13.8 Å². The number of ether oxygens (including phenoxy) is 1. The lowest BCUT2D eigenvalue weighted by Gasteiger charge is -2.30. The van der Waals surface area contributed by atoms with Crippen molar-refractivity contribution in [1.29, 1.82) is 0 Å². The summed E-state index contributed by atoms with van der Waals surface area (Å²) in [5.74, 6) is 0.947. The van der Waals surface area contributed by atoms with Gasteiger partial charge in [-0.15, -0.1) is 0 Å². The third kappa shape index (κ3) is 2.19. The van der Waals surface area contributed by atoms with Gasteiger partial charge in [0.2, 0.25) is 0 Å². The Morgan fingerprint density at radius 2 is 1.50 bits per heavy atom. The minimum absolute atomic E-state index is 0.0161. The van der Waals surface area contributed by atoms with Gasteiger partial charge in [-0.25, -0.2) is 0 Å². The summed E-state index contributed by atoms with van der Waals surface area (Å²) in [4.78, 5) is 15.4. The van der Waals surface area contributed by atoms with Crippen molar-refractivity contribution in [2.24, 2.45) is 0 Å². The fourth-order valence-corrected chi connectivity index (χ4v) is 4.75. The lowest BCUT2D eigenvalue weighted by atomic mass is 9.88. The van der Waals surface area contributed by atoms with Crippen molar-refractivity contribution < 1.29 is 9.53 Å². The van der Waals surface area contributed by atoms with Crippen molar-refractivity contribution >= 4 is 5.91 Å². The third-order valence-electron chi connectivity index (χ3n) is 6.38. The first kappa shape index (κ1) is 17.1. The second-order valence-electron chi connectivity index (χ2n) is 7.86. The van der Waals surface area contributed by atoms with Crippen LogP contribution in [0.15, 0.2) is 54.6 Å². The minimum atomic E-state index is -0.0763. The SMILES string of the molecule is COc1ccc2c(c1)-c1cc(C)c(C)cc1C(C)N1C(=O)c3ccccc3C21. The van der Waals surface area contributed by atoms with E-state index in [2.05, 4.69) is 56.0 Å². The van der Waals surface area contributed by atoms with E-state index >= 15 is 0 Å². The monoisotopic (exact) mass is 369 g/mol. The maximum Gasteiger partial charge on any atom is 0.255 e. The normalized spacial score (nSPS) is 19.4. The molecule has 3 nitrogen and oxygen atoms in total. The first-order chi connectivity index (χ1) is 13.5. The van der Waals surface area contributed by atoms with Gasteiger partial charge in [0.25, 0.3) is 5.91 Å². The smallest absolute Gasteiger partial charge is 0.255 e. The van der Waals surface area contributed by atoms with E-state index < -0.39 is 0 Å². The number of rotatable bonds is 1. The number of carbonyl (C=O) groups excluding carboxylic acids is 1. The molecule has 0 radical (unpaired) electrons. The molecule has 3 heteroatoms. The largest absolute Gasteiger partial charge is 0.497 e. The molecule has 0 saturated heterocycles. The number of hydrogen-bond acceptors (Lipinski definition) is 2. The van der Waals surface area contributed by atoms with Crippen molar-refractivity contribution in [2.45, 2.75) is 32.9 Å². The summed E-state index contributed by atoms with van der Waals surface area (Å²) < 4.78 is 5.54. The van der Waals surface area contributed by atoms with Crippen LogP contribution in [0.2, 0.25) is 0 Å². The van der Waals surface area contributed by atoms with Crippen LogP contribution >= 0.6 is 0 Å². The van der Waals surface area contributed by atoms with Gasteiger partial charge < -0.3 is 9.64 Å². The van der Waals surface area contributed by atoms with Gasteiger partial charge in [0.05, 0.1) is 19.2 Å². The van der Waals surface area contributed by atoms with E-state index in [9.17, 15) is 4.79 Å². The summed E-state index contributed by atoms with van der Waals surface area (Å²) in [6, 6.07) is 18.7. The van der Waals surface area contributed by atoms with Crippen molar-refractivity contribution in [2.75, 3.05) is 7.11 Å². The number of amides is 1. The van der Waals surface area contributed by atoms with Crippen molar-refractivity contribution in [3.05, 3.63) is 88.0 Å². The van der Waals surface area contributed by atoms with Gasteiger partial charge in [0, 0.05) is 5.56 Å². The van der Waals surface area contributed by atoms with Crippen LogP contribution in [-0.2, 0) is 0 Å². The van der Waals surface area contributed by atoms with E-state index in [0.717, 1.165) is 28.0 Å². The van der Waals surface area contributed by atoms with E-state index in [1.165, 1.54) is 22.3 Å². The lowest BCUT2D eigenvalue weighted by molar-refractivity contribution is 0.0680. The topological polar surface area (TPSA) is 29.5 Å². The average Bonchev–Trinajstić information content (AvgIpc) is 2.96. The van der Waals surface area contributed by atoms with E-state index in [1.54, 1.807) is 7.11 Å². The highest BCUT2D eigenvalue weighted by molar-refractivity contribution is 6.01. The Bertz CT molecular complexity index is 1130. The summed E-state index contributed by atoms with van der Waals surface area (Å²) >= 11 is 0. The molecule has 0 aromatic heterocycles. The number of hydrogen-bond donors (Lipinski definition) is 0. The van der Waals surface area contributed by atoms with E-state index in [4.69, 9.17) is 4.74 Å². The third-order valence-corrected chi connectivity index (χ3v) is 6.38. The molecule has 3 aromatic carbocycles. The van der Waals surface area contributed by atoms with Gasteiger partial charge in [0.15, 0.2) is 0 Å². The summed E-state index contributed by atoms with van der Waals surface area (Å²) in [7, 11) is 1.70. The van der Waals surface area contributed by atoms with Gasteiger partial charge in [-0.3, -0.25) is 4.79 Å². The molecule has 2 heterocycles. The zero-order valence-corrected chi connectivity index (χ0v) is 16.6. The number of nitrogens with zero attached hydrogens (tertiary/aromatic N) is 1. The molecule has 0 fully saturated rings. The van der Waals surface area contributed by atoms with Crippen LogP contribution in [0.4, 0.5) is 0 Å². The summed E-state index contributed by atoms with van der Waals surface area (Å²) in [6.07, 6.45) is 0. The molecule has 0 saturated carbocycles. The van der Waals surface area contributed by atoms with Gasteiger partial charge in [-0.1, -0.05) is 36.4 Å². The molecule has 0 spiro atoms. The molecular weight excluding hydrogens is 346 g/mol. The quantitative estimate of drug-likeness (QED) is 0.559. The zero-order valence-electron chi connectivity index (χ0n) is 16.6. The van der Waals surface area contributed by atoms with E-state index in [-0.39, 0.29) is 18.0 Å². The Morgan fingerprint density at radius 3 is 2.29 bits per heavy atom. The van der Waals surface area contributed by atoms with Crippen LogP contribution in [0.5, 0.6) is 5.75 Å². The number of carbonyl (C=O) groups is 1. The Kier molecular flexibility index (Phi) is 3.63. The molecule has 0 bridgehead atoms. The highest BCUT2D eigenvalue weighted by Crippen LogP contribution is 2.51. The molecular formula is C25H23NO2. The molecule has 140 valence electrons. The van der Waals surface area contributed by atoms with Crippen molar-refractivity contribution in [1.82, 2.24) is 4.90 Å². The fourth-order valence-electron chi connectivity index (χ4n) is 4.75. The second kappa shape index (κ2) is 5.96. The Morgan fingerprint density at radius 1 is 0.821 bits per heavy atom. The molecule has 3 aromatic rings. The van der Waals surface area contributed by atoms with Gasteiger partial charge >= 0.3 is 0 Å². The fraction of sp³-hybridized carbons (Fsp3) is 0.240. The molecule has 5 rings (SSSR count). The van der Waals surface area contributed by atoms with Crippen LogP contribution < -0.4 is 4.74 Å². The zero-order chi connectivity index (χ0) is 19.6. The number of aryl methyl sites for hydroxylation is 2. The Hall–Kier alpha value is -3.07. The first-order valence-corrected chi connectivity index (χ1v) is 9.72. The van der Waals surface area contributed by atoms with Crippen LogP contribution in [0.1, 0.15) is 57.2 Å². The van der Waals surface area contributed by atoms with Gasteiger partial charge in [-0.2, -0.15) is 0 Å². The summed E-state index contributed by atoms with van der Waals surface area (Å²) in [5.41, 5.74) is 9.12. The number of methoxy groups -OCH3 is 1. The van der Waals surface area contributed by atoms with Gasteiger partial charge in [-0.05, 0) is 77.9 Å². The standard InChI is InChI=1S/C25H23NO2/c1-14-11-21-16(3)26-24(18-7-5-6-8-20(18)25(26)27)19-10-9-17(28-4)13-23(19)22(21)12-15(14)2/h5-13,16,24H,1-4H3. The van der Waals surface area contributed by atoms with Gasteiger partial charge in [0.1, 0.15) is 5.75 Å². The highest BCUT2D eigenvalue weighted by atomic mass is 16.5. The highest BCUT2D eigenvalue weighted by Gasteiger charge is 2.43. The molecule has 0 aliphatic carbocycles. The first-order valence-electron chi connectivity index (χ1n) is 9.72. The van der Waals surface area contributed by atoms with E-state index in [1.807, 2.05) is 24.3 Å². The predicted octanol–water partition coefficient (Wildman–Crippen LogP) is 5.60. The van der Waals surface area contributed by atoms with Crippen LogP contribution in [0.25, 0.3) is 11.1 Å². The molecule has 0 N–H and O–H groups in total. The van der Waals surface area contributed by atoms with Crippen molar-refractivity contribution in [3.63, 3.8) is 0 Å². The lowest BCUT2D eigenvalue weighted by Crippen LogP contribution is -2.30. The molecule has 2 aliphatic heterocycles. The van der Waals surface area contributed by atoms with E-state index in [0.29, 0.717) is 0 Å². The number of benzene rings is 3. The molecule has 2 unspecified atom stereocenters. The Labute approximate surface area is 165 Å². The molecule has 28 heavy (non-hydrogen) atoms. The predicted molar refractivity (Wildman–Crippen MR) is 111 cm³/mol. The summed E-state index contributed by atoms with van der Waals surface area (Å²) in [5, 5.41) is 0. The van der Waals surface area contributed by atoms with Crippen LogP contribution in [-0.4, -0.2) is 17.9 Å². The molecule has 1 amide bonds. The van der Waals surface area contributed by atoms with Crippen LogP contribution in [0.3, 0.4) is 0 Å². The maximum absolute atomic E-state index is 13.4. The Balaban J connectivity index is 1.88. The molecule has 2 atom stereocenters. The number of fused-ring (bicyclic) bond motifs is 7. The van der Waals surface area contributed by atoms with Crippen molar-refractivity contribution in [3.8, 4) is 16.9 Å².